The summed E-state index contributed by atoms with van der Waals surface area (Å²) < 4.78 is 28.0. The zero-order valence-electron chi connectivity index (χ0n) is 16.9. The van der Waals surface area contributed by atoms with Gasteiger partial charge in [0.1, 0.15) is 6.54 Å². The molecule has 3 rings (SSSR count). The second-order valence-electron chi connectivity index (χ2n) is 6.82. The van der Waals surface area contributed by atoms with Crippen LogP contribution in [0.15, 0.2) is 77.7 Å². The Morgan fingerprint density at radius 1 is 0.935 bits per heavy atom. The Morgan fingerprint density at radius 3 is 2.29 bits per heavy atom. The molecule has 1 amide bonds. The summed E-state index contributed by atoms with van der Waals surface area (Å²) in [5.41, 5.74) is 2.00. The van der Waals surface area contributed by atoms with E-state index in [0.29, 0.717) is 27.7 Å². The van der Waals surface area contributed by atoms with Gasteiger partial charge < -0.3 is 5.32 Å². The average Bonchev–Trinajstić information content (AvgIpc) is 2.77. The zero-order chi connectivity index (χ0) is 22.4. The molecule has 0 radical (unpaired) electrons. The lowest BCUT2D eigenvalue weighted by molar-refractivity contribution is -0.119. The lowest BCUT2D eigenvalue weighted by atomic mass is 10.1. The second kappa shape index (κ2) is 10.2. The Morgan fingerprint density at radius 2 is 1.61 bits per heavy atom. The summed E-state index contributed by atoms with van der Waals surface area (Å²) >= 11 is 12.1. The van der Waals surface area contributed by atoms with Crippen LogP contribution in [0.2, 0.25) is 10.0 Å². The predicted molar refractivity (Wildman–Crippen MR) is 125 cm³/mol. The van der Waals surface area contributed by atoms with Gasteiger partial charge >= 0.3 is 0 Å². The Balaban J connectivity index is 1.89. The number of benzene rings is 3. The molecule has 8 heteroatoms. The number of nitrogens with zero attached hydrogens (tertiary/aromatic N) is 1. The number of sulfonamides is 1. The fraction of sp³-hybridized carbons (Fsp3) is 0.174. The summed E-state index contributed by atoms with van der Waals surface area (Å²) in [6.07, 6.45) is 0.624. The number of nitrogens with one attached hydrogen (secondary N) is 1. The summed E-state index contributed by atoms with van der Waals surface area (Å²) in [6, 6.07) is 20.2. The van der Waals surface area contributed by atoms with Crippen molar-refractivity contribution in [2.75, 3.05) is 10.8 Å². The van der Waals surface area contributed by atoms with Gasteiger partial charge in [-0.15, -0.1) is 0 Å². The molecule has 0 aliphatic heterocycles. The maximum absolute atomic E-state index is 13.4. The molecule has 0 saturated heterocycles. The van der Waals surface area contributed by atoms with Crippen LogP contribution in [0.25, 0.3) is 0 Å². The van der Waals surface area contributed by atoms with Gasteiger partial charge in [0.25, 0.3) is 10.0 Å². The Hall–Kier alpha value is -2.54. The fourth-order valence-corrected chi connectivity index (χ4v) is 5.07. The van der Waals surface area contributed by atoms with Crippen molar-refractivity contribution in [1.29, 1.82) is 0 Å². The number of hydrogen-bond acceptors (Lipinski definition) is 3. The molecule has 0 aliphatic carbocycles. The van der Waals surface area contributed by atoms with Crippen molar-refractivity contribution in [1.82, 2.24) is 5.32 Å². The Bertz CT molecular complexity index is 1170. The van der Waals surface area contributed by atoms with Crippen LogP contribution in [0.3, 0.4) is 0 Å². The first-order valence-corrected chi connectivity index (χ1v) is 11.9. The molecule has 5 nitrogen and oxygen atoms in total. The zero-order valence-corrected chi connectivity index (χ0v) is 19.2. The van der Waals surface area contributed by atoms with Crippen LogP contribution in [-0.4, -0.2) is 20.9 Å². The van der Waals surface area contributed by atoms with Crippen LogP contribution in [0.1, 0.15) is 18.1 Å². The minimum Gasteiger partial charge on any atom is -0.350 e. The van der Waals surface area contributed by atoms with Crippen LogP contribution < -0.4 is 9.62 Å². The van der Waals surface area contributed by atoms with Crippen LogP contribution in [0, 0.1) is 0 Å². The maximum Gasteiger partial charge on any atom is 0.264 e. The first-order chi connectivity index (χ1) is 14.8. The predicted octanol–water partition coefficient (Wildman–Crippen LogP) is 5.07. The third kappa shape index (κ3) is 5.58. The van der Waals surface area contributed by atoms with E-state index in [-0.39, 0.29) is 18.0 Å². The molecule has 0 atom stereocenters. The van der Waals surface area contributed by atoms with Gasteiger partial charge in [0.15, 0.2) is 0 Å². The molecule has 3 aromatic rings. The van der Waals surface area contributed by atoms with Crippen LogP contribution in [-0.2, 0) is 27.8 Å². The third-order valence-corrected chi connectivity index (χ3v) is 7.11. The molecular formula is C23H22Cl2N2O3S. The number of anilines is 1. The topological polar surface area (TPSA) is 66.5 Å². The summed E-state index contributed by atoms with van der Waals surface area (Å²) in [4.78, 5) is 12.9. The standard InChI is InChI=1S/C23H22Cl2N2O3S/c1-2-17-8-6-7-11-22(17)27(31(29,30)20-9-4-3-5-10-20)16-23(28)26-15-18-12-13-19(24)14-21(18)25/h3-14H,2,15-16H2,1H3,(H,26,28). The molecule has 0 aromatic heterocycles. The summed E-state index contributed by atoms with van der Waals surface area (Å²) in [5.74, 6) is -0.448. The first kappa shape index (κ1) is 23.1. The highest BCUT2D eigenvalue weighted by Crippen LogP contribution is 2.27. The van der Waals surface area contributed by atoms with Gasteiger partial charge in [-0.1, -0.05) is 72.6 Å². The van der Waals surface area contributed by atoms with Crippen LogP contribution in [0.5, 0.6) is 0 Å². The van der Waals surface area contributed by atoms with E-state index < -0.39 is 15.9 Å². The molecule has 0 saturated carbocycles. The van der Waals surface area contributed by atoms with Gasteiger partial charge in [-0.3, -0.25) is 9.10 Å². The number of para-hydroxylation sites is 1. The monoisotopic (exact) mass is 476 g/mol. The molecule has 0 heterocycles. The van der Waals surface area contributed by atoms with Crippen molar-refractivity contribution in [2.45, 2.75) is 24.8 Å². The van der Waals surface area contributed by atoms with Crippen LogP contribution >= 0.6 is 23.2 Å². The van der Waals surface area contributed by atoms with E-state index in [4.69, 9.17) is 23.2 Å². The third-order valence-electron chi connectivity index (χ3n) is 4.75. The molecular weight excluding hydrogens is 455 g/mol. The van der Waals surface area contributed by atoms with E-state index in [2.05, 4.69) is 5.32 Å². The highest BCUT2D eigenvalue weighted by Gasteiger charge is 2.28. The fourth-order valence-electron chi connectivity index (χ4n) is 3.12. The first-order valence-electron chi connectivity index (χ1n) is 9.69. The van der Waals surface area contributed by atoms with Gasteiger partial charge in [0.05, 0.1) is 10.6 Å². The molecule has 0 spiro atoms. The van der Waals surface area contributed by atoms with Crippen LogP contribution in [0.4, 0.5) is 5.69 Å². The number of carbonyl (C=O) groups excluding carboxylic acids is 1. The highest BCUT2D eigenvalue weighted by atomic mass is 35.5. The normalized spacial score (nSPS) is 11.2. The number of amides is 1. The highest BCUT2D eigenvalue weighted by molar-refractivity contribution is 7.92. The second-order valence-corrected chi connectivity index (χ2v) is 9.53. The van der Waals surface area contributed by atoms with Gasteiger partial charge in [0.2, 0.25) is 5.91 Å². The maximum atomic E-state index is 13.4. The smallest absolute Gasteiger partial charge is 0.264 e. The summed E-state index contributed by atoms with van der Waals surface area (Å²) in [5, 5.41) is 3.67. The van der Waals surface area contributed by atoms with Gasteiger partial charge in [-0.05, 0) is 47.9 Å². The van der Waals surface area contributed by atoms with E-state index in [1.165, 1.54) is 12.1 Å². The Labute approximate surface area is 192 Å². The van der Waals surface area contributed by atoms with Crippen molar-refractivity contribution in [2.24, 2.45) is 0 Å². The molecule has 0 aliphatic rings. The number of aryl methyl sites for hydroxylation is 1. The largest absolute Gasteiger partial charge is 0.350 e. The molecule has 0 unspecified atom stereocenters. The van der Waals surface area contributed by atoms with Crippen molar-refractivity contribution >= 4 is 44.8 Å². The van der Waals surface area contributed by atoms with Gasteiger partial charge in [-0.2, -0.15) is 0 Å². The van der Waals surface area contributed by atoms with E-state index in [0.717, 1.165) is 9.87 Å². The van der Waals surface area contributed by atoms with E-state index in [9.17, 15) is 13.2 Å². The molecule has 162 valence electrons. The van der Waals surface area contributed by atoms with E-state index >= 15 is 0 Å². The number of carbonyl (C=O) groups is 1. The van der Waals surface area contributed by atoms with Gasteiger partial charge in [-0.25, -0.2) is 8.42 Å². The van der Waals surface area contributed by atoms with E-state index in [1.54, 1.807) is 48.5 Å². The van der Waals surface area contributed by atoms with Crippen molar-refractivity contribution < 1.29 is 13.2 Å². The minimum atomic E-state index is -3.95. The number of hydrogen-bond donors (Lipinski definition) is 1. The quantitative estimate of drug-likeness (QED) is 0.493. The molecule has 31 heavy (non-hydrogen) atoms. The minimum absolute atomic E-state index is 0.120. The molecule has 0 fully saturated rings. The van der Waals surface area contributed by atoms with Gasteiger partial charge in [0, 0.05) is 16.6 Å². The molecule has 3 aromatic carbocycles. The van der Waals surface area contributed by atoms with E-state index in [1.807, 2.05) is 19.1 Å². The Kier molecular flexibility index (Phi) is 7.59. The number of halogens is 2. The lowest BCUT2D eigenvalue weighted by Crippen LogP contribution is -2.41. The lowest BCUT2D eigenvalue weighted by Gasteiger charge is -2.26. The average molecular weight is 477 g/mol. The van der Waals surface area contributed by atoms with Crippen molar-refractivity contribution in [3.63, 3.8) is 0 Å². The summed E-state index contributed by atoms with van der Waals surface area (Å²) in [6.45, 7) is 1.73. The van der Waals surface area contributed by atoms with Crippen molar-refractivity contribution in [3.8, 4) is 0 Å². The SMILES string of the molecule is CCc1ccccc1N(CC(=O)NCc1ccc(Cl)cc1Cl)S(=O)(=O)c1ccccc1. The van der Waals surface area contributed by atoms with Crippen molar-refractivity contribution in [3.05, 3.63) is 94.0 Å². The number of rotatable bonds is 8. The molecule has 0 bridgehead atoms. The summed E-state index contributed by atoms with van der Waals surface area (Å²) in [7, 11) is -3.95. The molecule has 1 N–H and O–H groups in total.